The van der Waals surface area contributed by atoms with Gasteiger partial charge in [-0.2, -0.15) is 0 Å². The van der Waals surface area contributed by atoms with E-state index in [1.54, 1.807) is 11.3 Å². The van der Waals surface area contributed by atoms with Gasteiger partial charge in [0.2, 0.25) is 5.91 Å². The van der Waals surface area contributed by atoms with Crippen LogP contribution < -0.4 is 10.6 Å². The quantitative estimate of drug-likeness (QED) is 0.844. The number of nitrogens with zero attached hydrogens (tertiary/aromatic N) is 1. The van der Waals surface area contributed by atoms with E-state index in [0.29, 0.717) is 0 Å². The molecule has 1 atom stereocenters. The van der Waals surface area contributed by atoms with Gasteiger partial charge >= 0.3 is 6.03 Å². The highest BCUT2D eigenvalue weighted by Gasteiger charge is 2.26. The van der Waals surface area contributed by atoms with Crippen LogP contribution in [0.15, 0.2) is 11.4 Å². The van der Waals surface area contributed by atoms with Gasteiger partial charge in [0.25, 0.3) is 0 Å². The summed E-state index contributed by atoms with van der Waals surface area (Å²) < 4.78 is 0. The van der Waals surface area contributed by atoms with Crippen LogP contribution in [0.2, 0.25) is 0 Å². The maximum Gasteiger partial charge on any atom is 0.321 e. The summed E-state index contributed by atoms with van der Waals surface area (Å²) in [4.78, 5) is 26.2. The molecular formula is C12H17N3O2S. The smallest absolute Gasteiger partial charge is 0.321 e. The zero-order valence-electron chi connectivity index (χ0n) is 10.5. The first kappa shape index (κ1) is 13.0. The van der Waals surface area contributed by atoms with E-state index in [1.807, 2.05) is 0 Å². The molecule has 1 aliphatic heterocycles. The summed E-state index contributed by atoms with van der Waals surface area (Å²) in [5.41, 5.74) is 1.30. The number of carbonyl (C=O) groups excluding carboxylic acids is 2. The van der Waals surface area contributed by atoms with Crippen molar-refractivity contribution in [2.24, 2.45) is 0 Å². The Labute approximate surface area is 110 Å². The molecule has 0 fully saturated rings. The summed E-state index contributed by atoms with van der Waals surface area (Å²) in [6, 6.07) is 1.89. The maximum atomic E-state index is 11.7. The number of urea groups is 1. The molecule has 2 heterocycles. The highest BCUT2D eigenvalue weighted by molar-refractivity contribution is 7.10. The number of hydrogen-bond acceptors (Lipinski definition) is 4. The van der Waals surface area contributed by atoms with Crippen molar-refractivity contribution >= 4 is 23.3 Å². The van der Waals surface area contributed by atoms with Gasteiger partial charge in [-0.1, -0.05) is 0 Å². The molecule has 18 heavy (non-hydrogen) atoms. The van der Waals surface area contributed by atoms with Crippen molar-refractivity contribution in [3.8, 4) is 0 Å². The van der Waals surface area contributed by atoms with Gasteiger partial charge in [0.15, 0.2) is 0 Å². The number of fused-ring (bicyclic) bond motifs is 1. The summed E-state index contributed by atoms with van der Waals surface area (Å²) in [6.07, 6.45) is 0.977. The van der Waals surface area contributed by atoms with Gasteiger partial charge in [0, 0.05) is 24.5 Å². The Morgan fingerprint density at radius 1 is 1.56 bits per heavy atom. The van der Waals surface area contributed by atoms with Gasteiger partial charge in [-0.25, -0.2) is 4.79 Å². The highest BCUT2D eigenvalue weighted by atomic mass is 32.1. The van der Waals surface area contributed by atoms with E-state index in [9.17, 15) is 9.59 Å². The van der Waals surface area contributed by atoms with Gasteiger partial charge in [-0.3, -0.25) is 15.0 Å². The molecule has 0 radical (unpaired) electrons. The molecule has 1 aromatic rings. The van der Waals surface area contributed by atoms with Gasteiger partial charge in [0.1, 0.15) is 0 Å². The summed E-state index contributed by atoms with van der Waals surface area (Å²) in [6.45, 7) is 3.21. The second-order valence-electron chi connectivity index (χ2n) is 4.32. The lowest BCUT2D eigenvalue weighted by Crippen LogP contribution is -2.45. The van der Waals surface area contributed by atoms with Crippen LogP contribution >= 0.6 is 11.3 Å². The van der Waals surface area contributed by atoms with Crippen LogP contribution in [0.4, 0.5) is 4.79 Å². The van der Waals surface area contributed by atoms with Crippen LogP contribution in [0.3, 0.4) is 0 Å². The summed E-state index contributed by atoms with van der Waals surface area (Å²) >= 11 is 1.77. The van der Waals surface area contributed by atoms with E-state index in [4.69, 9.17) is 0 Å². The van der Waals surface area contributed by atoms with E-state index in [-0.39, 0.29) is 18.5 Å². The van der Waals surface area contributed by atoms with Crippen LogP contribution in [0.25, 0.3) is 0 Å². The Hall–Kier alpha value is -1.40. The number of amides is 3. The van der Waals surface area contributed by atoms with Crippen molar-refractivity contribution in [2.45, 2.75) is 19.4 Å². The normalized spacial score (nSPS) is 19.1. The molecule has 0 saturated carbocycles. The van der Waals surface area contributed by atoms with Crippen molar-refractivity contribution in [2.75, 3.05) is 20.1 Å². The molecule has 0 aliphatic carbocycles. The molecule has 3 amide bonds. The molecule has 6 heteroatoms. The second-order valence-corrected chi connectivity index (χ2v) is 5.32. The third kappa shape index (κ3) is 2.70. The summed E-state index contributed by atoms with van der Waals surface area (Å²) in [5.74, 6) is -0.264. The minimum absolute atomic E-state index is 0.232. The molecule has 0 spiro atoms. The van der Waals surface area contributed by atoms with E-state index >= 15 is 0 Å². The third-order valence-electron chi connectivity index (χ3n) is 3.23. The lowest BCUT2D eigenvalue weighted by molar-refractivity contribution is -0.121. The highest BCUT2D eigenvalue weighted by Crippen LogP contribution is 2.32. The zero-order valence-corrected chi connectivity index (χ0v) is 11.3. The molecule has 0 saturated heterocycles. The van der Waals surface area contributed by atoms with Gasteiger partial charge in [-0.15, -0.1) is 11.3 Å². The first-order chi connectivity index (χ1) is 8.61. The van der Waals surface area contributed by atoms with Crippen LogP contribution in [0.5, 0.6) is 0 Å². The Morgan fingerprint density at radius 2 is 2.33 bits per heavy atom. The maximum absolute atomic E-state index is 11.7. The van der Waals surface area contributed by atoms with Crippen LogP contribution in [-0.4, -0.2) is 37.0 Å². The molecule has 1 aromatic heterocycles. The van der Waals surface area contributed by atoms with Crippen LogP contribution in [0.1, 0.15) is 23.4 Å². The van der Waals surface area contributed by atoms with Crippen molar-refractivity contribution in [3.63, 3.8) is 0 Å². The SMILES string of the molecule is CNC(=O)NC(=O)CN1CCc2sccc2[C@@H]1C. The zero-order chi connectivity index (χ0) is 13.1. The topological polar surface area (TPSA) is 61.4 Å². The largest absolute Gasteiger partial charge is 0.341 e. The van der Waals surface area contributed by atoms with E-state index < -0.39 is 6.03 Å². The predicted octanol–water partition coefficient (Wildman–Crippen LogP) is 1.12. The van der Waals surface area contributed by atoms with Crippen molar-refractivity contribution < 1.29 is 9.59 Å². The number of imide groups is 1. The summed E-state index contributed by atoms with van der Waals surface area (Å²) in [7, 11) is 1.49. The lowest BCUT2D eigenvalue weighted by atomic mass is 10.0. The number of nitrogens with one attached hydrogen (secondary N) is 2. The molecule has 98 valence electrons. The number of rotatable bonds is 2. The van der Waals surface area contributed by atoms with Crippen molar-refractivity contribution in [3.05, 3.63) is 21.9 Å². The van der Waals surface area contributed by atoms with Crippen LogP contribution in [-0.2, 0) is 11.2 Å². The standard InChI is InChI=1S/C12H17N3O2S/c1-8-9-4-6-18-10(9)3-5-15(8)7-11(16)14-12(17)13-2/h4,6,8H,3,5,7H2,1-2H3,(H2,13,14,16,17)/t8-/m0/s1. The predicted molar refractivity (Wildman–Crippen MR) is 70.6 cm³/mol. The van der Waals surface area contributed by atoms with Crippen molar-refractivity contribution in [1.82, 2.24) is 15.5 Å². The van der Waals surface area contributed by atoms with E-state index in [2.05, 4.69) is 33.9 Å². The first-order valence-corrected chi connectivity index (χ1v) is 6.81. The fourth-order valence-electron chi connectivity index (χ4n) is 2.19. The Kier molecular flexibility index (Phi) is 3.98. The van der Waals surface area contributed by atoms with E-state index in [1.165, 1.54) is 17.5 Å². The molecule has 2 N–H and O–H groups in total. The third-order valence-corrected chi connectivity index (χ3v) is 4.23. The van der Waals surface area contributed by atoms with Crippen LogP contribution in [0, 0.1) is 0 Å². The average Bonchev–Trinajstić information content (AvgIpc) is 2.81. The van der Waals surface area contributed by atoms with Gasteiger partial charge < -0.3 is 5.32 Å². The Balaban J connectivity index is 1.96. The monoisotopic (exact) mass is 267 g/mol. The summed E-state index contributed by atoms with van der Waals surface area (Å²) in [5, 5.41) is 6.75. The fraction of sp³-hybridized carbons (Fsp3) is 0.500. The Bertz CT molecular complexity index is 458. The van der Waals surface area contributed by atoms with Gasteiger partial charge in [0.05, 0.1) is 6.54 Å². The number of hydrogen-bond donors (Lipinski definition) is 2. The average molecular weight is 267 g/mol. The fourth-order valence-corrected chi connectivity index (χ4v) is 3.15. The molecule has 0 unspecified atom stereocenters. The number of thiophene rings is 1. The minimum atomic E-state index is -0.458. The van der Waals surface area contributed by atoms with Crippen molar-refractivity contribution in [1.29, 1.82) is 0 Å². The number of carbonyl (C=O) groups is 2. The lowest BCUT2D eigenvalue weighted by Gasteiger charge is -2.32. The Morgan fingerprint density at radius 3 is 3.06 bits per heavy atom. The minimum Gasteiger partial charge on any atom is -0.341 e. The van der Waals surface area contributed by atoms with Gasteiger partial charge in [-0.05, 0) is 30.4 Å². The molecule has 0 aromatic carbocycles. The molecule has 0 bridgehead atoms. The second kappa shape index (κ2) is 5.49. The first-order valence-electron chi connectivity index (χ1n) is 5.93. The molecule has 5 nitrogen and oxygen atoms in total. The van der Waals surface area contributed by atoms with E-state index in [0.717, 1.165) is 13.0 Å². The molecule has 1 aliphatic rings. The molecule has 2 rings (SSSR count). The molecular weight excluding hydrogens is 250 g/mol.